The average molecular weight is 312 g/mol. The molecule has 1 atom stereocenters. The quantitative estimate of drug-likeness (QED) is 0.810. The van der Waals surface area contributed by atoms with E-state index < -0.39 is 11.9 Å². The molecule has 2 aliphatic heterocycles. The lowest BCUT2D eigenvalue weighted by Gasteiger charge is -2.29. The Morgan fingerprint density at radius 3 is 2.39 bits per heavy atom. The van der Waals surface area contributed by atoms with Gasteiger partial charge in [-0.3, -0.25) is 19.3 Å². The van der Waals surface area contributed by atoms with Crippen LogP contribution in [0.3, 0.4) is 0 Å². The van der Waals surface area contributed by atoms with Gasteiger partial charge in [0.25, 0.3) is 11.8 Å². The first-order valence-corrected chi connectivity index (χ1v) is 7.71. The number of carbonyl (C=O) groups excluding carboxylic acids is 3. The van der Waals surface area contributed by atoms with Crippen molar-refractivity contribution in [1.29, 1.82) is 0 Å². The minimum absolute atomic E-state index is 0.119. The van der Waals surface area contributed by atoms with E-state index >= 15 is 0 Å². The summed E-state index contributed by atoms with van der Waals surface area (Å²) in [6, 6.07) is 4.58. The van der Waals surface area contributed by atoms with E-state index in [4.69, 9.17) is 0 Å². The van der Waals surface area contributed by atoms with E-state index in [9.17, 15) is 14.4 Å². The number of hydrogen-bond acceptors (Lipinski definition) is 3. The predicted molar refractivity (Wildman–Crippen MR) is 85.9 cm³/mol. The average Bonchev–Trinajstić information content (AvgIpc) is 2.71. The standard InChI is InChI=1S/C18H20N2O3/c1-10-5-8-14(15(21)19-10)20-16(22)12-7-6-11(18(2,3)4)9-13(12)17(20)23/h6-7,9,14H,1,5,8H2,2-4H3,(H,19,21)/t14-/m1/s1. The number of nitrogens with zero attached hydrogens (tertiary/aromatic N) is 1. The zero-order chi connectivity index (χ0) is 16.9. The van der Waals surface area contributed by atoms with Gasteiger partial charge in [0, 0.05) is 5.70 Å². The second kappa shape index (κ2) is 5.05. The Hall–Kier alpha value is -2.43. The summed E-state index contributed by atoms with van der Waals surface area (Å²) < 4.78 is 0. The summed E-state index contributed by atoms with van der Waals surface area (Å²) in [5, 5.41) is 2.63. The number of rotatable bonds is 1. The first kappa shape index (κ1) is 15.5. The summed E-state index contributed by atoms with van der Waals surface area (Å²) in [5.41, 5.74) is 2.25. The topological polar surface area (TPSA) is 66.5 Å². The van der Waals surface area contributed by atoms with Crippen LogP contribution in [-0.4, -0.2) is 28.7 Å². The van der Waals surface area contributed by atoms with Crippen LogP contribution >= 0.6 is 0 Å². The van der Waals surface area contributed by atoms with Crippen molar-refractivity contribution in [3.8, 4) is 0 Å². The highest BCUT2D eigenvalue weighted by Crippen LogP contribution is 2.32. The van der Waals surface area contributed by atoms with Gasteiger partial charge in [-0.15, -0.1) is 0 Å². The van der Waals surface area contributed by atoms with Gasteiger partial charge in [-0.25, -0.2) is 0 Å². The van der Waals surface area contributed by atoms with E-state index in [2.05, 4.69) is 11.9 Å². The predicted octanol–water partition coefficient (Wildman–Crippen LogP) is 2.37. The molecule has 3 amide bonds. The van der Waals surface area contributed by atoms with Crippen LogP contribution in [0.5, 0.6) is 0 Å². The van der Waals surface area contributed by atoms with Gasteiger partial charge in [-0.05, 0) is 36.0 Å². The van der Waals surface area contributed by atoms with Crippen LogP contribution in [0.25, 0.3) is 0 Å². The highest BCUT2D eigenvalue weighted by molar-refractivity contribution is 6.23. The van der Waals surface area contributed by atoms with Crippen LogP contribution in [0, 0.1) is 0 Å². The molecule has 0 saturated carbocycles. The first-order chi connectivity index (χ1) is 10.7. The molecular weight excluding hydrogens is 292 g/mol. The molecule has 2 heterocycles. The smallest absolute Gasteiger partial charge is 0.262 e. The second-order valence-corrected chi connectivity index (χ2v) is 7.14. The van der Waals surface area contributed by atoms with Gasteiger partial charge in [0.1, 0.15) is 6.04 Å². The normalized spacial score (nSPS) is 21.5. The van der Waals surface area contributed by atoms with Crippen molar-refractivity contribution in [3.63, 3.8) is 0 Å². The number of carbonyl (C=O) groups is 3. The summed E-state index contributed by atoms with van der Waals surface area (Å²) in [4.78, 5) is 38.6. The Morgan fingerprint density at radius 1 is 1.13 bits per heavy atom. The summed E-state index contributed by atoms with van der Waals surface area (Å²) in [6.45, 7) is 9.87. The molecule has 1 aromatic carbocycles. The highest BCUT2D eigenvalue weighted by atomic mass is 16.2. The molecule has 1 fully saturated rings. The molecule has 1 saturated heterocycles. The van der Waals surface area contributed by atoms with Crippen molar-refractivity contribution in [1.82, 2.24) is 10.2 Å². The monoisotopic (exact) mass is 312 g/mol. The highest BCUT2D eigenvalue weighted by Gasteiger charge is 2.44. The maximum absolute atomic E-state index is 12.7. The van der Waals surface area contributed by atoms with Crippen molar-refractivity contribution < 1.29 is 14.4 Å². The zero-order valence-corrected chi connectivity index (χ0v) is 13.6. The molecule has 1 aromatic rings. The van der Waals surface area contributed by atoms with Gasteiger partial charge in [0.05, 0.1) is 11.1 Å². The number of allylic oxidation sites excluding steroid dienone is 1. The molecule has 3 rings (SSSR count). The molecule has 0 spiro atoms. The Morgan fingerprint density at radius 2 is 1.78 bits per heavy atom. The number of piperidine rings is 1. The van der Waals surface area contributed by atoms with E-state index in [1.165, 1.54) is 0 Å². The number of fused-ring (bicyclic) bond motifs is 1. The van der Waals surface area contributed by atoms with Crippen LogP contribution in [-0.2, 0) is 10.2 Å². The Kier molecular flexibility index (Phi) is 3.39. The lowest BCUT2D eigenvalue weighted by molar-refractivity contribution is -0.125. The molecule has 1 N–H and O–H groups in total. The number of imide groups is 1. The van der Waals surface area contributed by atoms with Crippen molar-refractivity contribution in [2.24, 2.45) is 0 Å². The van der Waals surface area contributed by atoms with Crippen LogP contribution in [0.1, 0.15) is 59.9 Å². The van der Waals surface area contributed by atoms with E-state index in [0.717, 1.165) is 10.5 Å². The molecule has 120 valence electrons. The van der Waals surface area contributed by atoms with E-state index in [0.29, 0.717) is 29.7 Å². The molecule has 0 radical (unpaired) electrons. The minimum Gasteiger partial charge on any atom is -0.329 e. The number of nitrogens with one attached hydrogen (secondary N) is 1. The summed E-state index contributed by atoms with van der Waals surface area (Å²) in [7, 11) is 0. The fourth-order valence-electron chi connectivity index (χ4n) is 3.02. The molecule has 2 aliphatic rings. The zero-order valence-electron chi connectivity index (χ0n) is 13.6. The number of amides is 3. The summed E-state index contributed by atoms with van der Waals surface area (Å²) in [5.74, 6) is -1.12. The molecule has 0 bridgehead atoms. The molecule has 23 heavy (non-hydrogen) atoms. The third kappa shape index (κ3) is 2.46. The van der Waals surface area contributed by atoms with Gasteiger partial charge in [-0.2, -0.15) is 0 Å². The van der Waals surface area contributed by atoms with Gasteiger partial charge in [0.15, 0.2) is 0 Å². The third-order valence-electron chi connectivity index (χ3n) is 4.42. The van der Waals surface area contributed by atoms with Crippen molar-refractivity contribution in [2.75, 3.05) is 0 Å². The Labute approximate surface area is 135 Å². The molecule has 0 aromatic heterocycles. The van der Waals surface area contributed by atoms with Gasteiger partial charge < -0.3 is 5.32 Å². The van der Waals surface area contributed by atoms with Crippen LogP contribution < -0.4 is 5.32 Å². The number of hydrogen-bond donors (Lipinski definition) is 1. The van der Waals surface area contributed by atoms with Gasteiger partial charge in [0.2, 0.25) is 5.91 Å². The van der Waals surface area contributed by atoms with E-state index in [-0.39, 0.29) is 17.2 Å². The van der Waals surface area contributed by atoms with Crippen molar-refractivity contribution >= 4 is 17.7 Å². The maximum Gasteiger partial charge on any atom is 0.262 e. The lowest BCUT2D eigenvalue weighted by atomic mass is 9.85. The molecule has 5 nitrogen and oxygen atoms in total. The second-order valence-electron chi connectivity index (χ2n) is 7.14. The summed E-state index contributed by atoms with van der Waals surface area (Å²) in [6.07, 6.45) is 0.985. The van der Waals surface area contributed by atoms with E-state index in [1.54, 1.807) is 12.1 Å². The maximum atomic E-state index is 12.7. The molecule has 0 unspecified atom stereocenters. The first-order valence-electron chi connectivity index (χ1n) is 7.71. The lowest BCUT2D eigenvalue weighted by Crippen LogP contribution is -2.51. The van der Waals surface area contributed by atoms with Crippen molar-refractivity contribution in [3.05, 3.63) is 47.2 Å². The Bertz CT molecular complexity index is 743. The summed E-state index contributed by atoms with van der Waals surface area (Å²) >= 11 is 0. The van der Waals surface area contributed by atoms with Gasteiger partial charge in [-0.1, -0.05) is 33.4 Å². The van der Waals surface area contributed by atoms with Crippen LogP contribution in [0.4, 0.5) is 0 Å². The Balaban J connectivity index is 1.98. The van der Waals surface area contributed by atoms with Crippen molar-refractivity contribution in [2.45, 2.75) is 45.1 Å². The molecule has 5 heteroatoms. The largest absolute Gasteiger partial charge is 0.329 e. The number of benzene rings is 1. The fraction of sp³-hybridized carbons (Fsp3) is 0.389. The fourth-order valence-corrected chi connectivity index (χ4v) is 3.02. The third-order valence-corrected chi connectivity index (χ3v) is 4.42. The van der Waals surface area contributed by atoms with Crippen LogP contribution in [0.15, 0.2) is 30.5 Å². The SMILES string of the molecule is C=C1CC[C@@H](N2C(=O)c3ccc(C(C)(C)C)cc3C2=O)C(=O)N1. The van der Waals surface area contributed by atoms with E-state index in [1.807, 2.05) is 26.8 Å². The minimum atomic E-state index is -0.758. The van der Waals surface area contributed by atoms with Crippen LogP contribution in [0.2, 0.25) is 0 Å². The molecular formula is C18H20N2O3. The molecule has 0 aliphatic carbocycles. The van der Waals surface area contributed by atoms with Gasteiger partial charge >= 0.3 is 0 Å².